The predicted octanol–water partition coefficient (Wildman–Crippen LogP) is 3.16. The van der Waals surface area contributed by atoms with Gasteiger partial charge in [0, 0.05) is 22.0 Å². The van der Waals surface area contributed by atoms with Gasteiger partial charge in [-0.25, -0.2) is 0 Å². The molecule has 2 N–H and O–H groups in total. The molecule has 0 spiro atoms. The number of nitrogens with two attached hydrogens (primary N) is 1. The van der Waals surface area contributed by atoms with Crippen LogP contribution in [0.25, 0.3) is 0 Å². The monoisotopic (exact) mass is 269 g/mol. The van der Waals surface area contributed by atoms with Gasteiger partial charge in [-0.2, -0.15) is 4.98 Å². The number of rotatable bonds is 4. The average molecular weight is 270 g/mol. The lowest BCUT2D eigenvalue weighted by Gasteiger charge is -2.03. The highest BCUT2D eigenvalue weighted by Crippen LogP contribution is 2.29. The molecule has 6 heteroatoms. The van der Waals surface area contributed by atoms with Crippen LogP contribution in [0.15, 0.2) is 27.6 Å². The van der Waals surface area contributed by atoms with Crippen molar-refractivity contribution in [2.24, 2.45) is 0 Å². The van der Waals surface area contributed by atoms with Gasteiger partial charge in [-0.1, -0.05) is 23.7 Å². The lowest BCUT2D eigenvalue weighted by Crippen LogP contribution is -1.90. The number of aromatic nitrogens is 2. The molecule has 1 aromatic heterocycles. The highest BCUT2D eigenvalue weighted by Gasteiger charge is 2.07. The molecule has 17 heavy (non-hydrogen) atoms. The summed E-state index contributed by atoms with van der Waals surface area (Å²) in [7, 11) is 0. The molecule has 0 amide bonds. The van der Waals surface area contributed by atoms with Crippen LogP contribution in [0.3, 0.4) is 0 Å². The van der Waals surface area contributed by atoms with Crippen LogP contribution in [-0.2, 0) is 12.2 Å². The predicted molar refractivity (Wildman–Crippen MR) is 69.1 cm³/mol. The van der Waals surface area contributed by atoms with E-state index in [0.29, 0.717) is 28.2 Å². The number of thioether (sulfide) groups is 1. The van der Waals surface area contributed by atoms with Crippen molar-refractivity contribution < 1.29 is 4.52 Å². The Bertz CT molecular complexity index is 515. The maximum Gasteiger partial charge on any atom is 0.226 e. The average Bonchev–Trinajstić information content (AvgIpc) is 2.78. The van der Waals surface area contributed by atoms with Crippen LogP contribution in [0, 0.1) is 0 Å². The summed E-state index contributed by atoms with van der Waals surface area (Å²) in [6.45, 7) is 1.97. The first-order valence-electron chi connectivity index (χ1n) is 5.18. The van der Waals surface area contributed by atoms with E-state index in [2.05, 4.69) is 10.1 Å². The zero-order chi connectivity index (χ0) is 12.3. The quantitative estimate of drug-likeness (QED) is 0.682. The first-order chi connectivity index (χ1) is 8.19. The van der Waals surface area contributed by atoms with Gasteiger partial charge in [0.15, 0.2) is 5.82 Å². The molecule has 0 saturated carbocycles. The minimum atomic E-state index is 0.619. The van der Waals surface area contributed by atoms with Gasteiger partial charge in [0.25, 0.3) is 0 Å². The Hall–Kier alpha value is -1.20. The van der Waals surface area contributed by atoms with E-state index in [1.54, 1.807) is 23.9 Å². The van der Waals surface area contributed by atoms with Gasteiger partial charge in [0.2, 0.25) is 5.89 Å². The Labute approximate surface area is 109 Å². The minimum absolute atomic E-state index is 0.619. The van der Waals surface area contributed by atoms with Gasteiger partial charge in [-0.15, -0.1) is 11.8 Å². The molecule has 0 saturated heterocycles. The molecule has 0 atom stereocenters. The van der Waals surface area contributed by atoms with Crippen LogP contribution in [0.5, 0.6) is 0 Å². The smallest absolute Gasteiger partial charge is 0.226 e. The van der Waals surface area contributed by atoms with Crippen LogP contribution in [0.1, 0.15) is 18.6 Å². The summed E-state index contributed by atoms with van der Waals surface area (Å²) in [6, 6.07) is 5.39. The van der Waals surface area contributed by atoms with Crippen LogP contribution in [0.2, 0.25) is 5.02 Å². The van der Waals surface area contributed by atoms with Crippen molar-refractivity contribution in [1.82, 2.24) is 10.1 Å². The third-order valence-corrected chi connectivity index (χ3v) is 3.45. The van der Waals surface area contributed by atoms with Crippen molar-refractivity contribution >= 4 is 29.1 Å². The highest BCUT2D eigenvalue weighted by molar-refractivity contribution is 7.98. The number of aryl methyl sites for hydroxylation is 1. The van der Waals surface area contributed by atoms with Gasteiger partial charge in [0.1, 0.15) is 0 Å². The summed E-state index contributed by atoms with van der Waals surface area (Å²) in [5, 5.41) is 4.54. The molecule has 4 nitrogen and oxygen atoms in total. The molecule has 2 aromatic rings. The molecular formula is C11H12ClN3OS. The second-order valence-corrected chi connectivity index (χ2v) is 4.88. The van der Waals surface area contributed by atoms with E-state index < -0.39 is 0 Å². The van der Waals surface area contributed by atoms with E-state index in [9.17, 15) is 0 Å². The Kier molecular flexibility index (Phi) is 3.91. The van der Waals surface area contributed by atoms with E-state index >= 15 is 0 Å². The van der Waals surface area contributed by atoms with Gasteiger partial charge in [0.05, 0.1) is 5.75 Å². The third-order valence-electron chi connectivity index (χ3n) is 2.14. The summed E-state index contributed by atoms with van der Waals surface area (Å²) in [4.78, 5) is 5.15. The molecule has 2 rings (SSSR count). The largest absolute Gasteiger partial charge is 0.398 e. The summed E-state index contributed by atoms with van der Waals surface area (Å²) in [6.07, 6.45) is 0.747. The van der Waals surface area contributed by atoms with E-state index in [1.807, 2.05) is 13.0 Å². The normalized spacial score (nSPS) is 10.7. The van der Waals surface area contributed by atoms with Gasteiger partial charge in [-0.3, -0.25) is 0 Å². The van der Waals surface area contributed by atoms with Crippen molar-refractivity contribution in [2.75, 3.05) is 5.73 Å². The molecule has 1 aromatic carbocycles. The Balaban J connectivity index is 2.04. The molecule has 0 bridgehead atoms. The van der Waals surface area contributed by atoms with Crippen LogP contribution in [-0.4, -0.2) is 10.1 Å². The van der Waals surface area contributed by atoms with Crippen molar-refractivity contribution in [3.63, 3.8) is 0 Å². The number of hydrogen-bond donors (Lipinski definition) is 1. The van der Waals surface area contributed by atoms with Gasteiger partial charge in [-0.05, 0) is 18.2 Å². The lowest BCUT2D eigenvalue weighted by molar-refractivity contribution is 0.378. The number of nitrogen functional groups attached to an aromatic ring is 1. The molecule has 1 heterocycles. The SMILES string of the molecule is CCc1nc(CSc2cc(Cl)ccc2N)no1. The lowest BCUT2D eigenvalue weighted by atomic mass is 10.3. The number of halogens is 1. The number of nitrogens with zero attached hydrogens (tertiary/aromatic N) is 2. The second-order valence-electron chi connectivity index (χ2n) is 3.43. The number of hydrogen-bond acceptors (Lipinski definition) is 5. The topological polar surface area (TPSA) is 64.9 Å². The molecule has 90 valence electrons. The van der Waals surface area contributed by atoms with Crippen molar-refractivity contribution in [3.8, 4) is 0 Å². The van der Waals surface area contributed by atoms with E-state index in [0.717, 1.165) is 11.3 Å². The van der Waals surface area contributed by atoms with E-state index in [-0.39, 0.29) is 0 Å². The zero-order valence-corrected chi connectivity index (χ0v) is 10.9. The van der Waals surface area contributed by atoms with Gasteiger partial charge < -0.3 is 10.3 Å². The zero-order valence-electron chi connectivity index (χ0n) is 9.31. The van der Waals surface area contributed by atoms with Crippen LogP contribution < -0.4 is 5.73 Å². The summed E-state index contributed by atoms with van der Waals surface area (Å²) in [5.74, 6) is 1.94. The Morgan fingerprint density at radius 1 is 1.47 bits per heavy atom. The van der Waals surface area contributed by atoms with Crippen molar-refractivity contribution in [3.05, 3.63) is 34.9 Å². The molecule has 0 fully saturated rings. The van der Waals surface area contributed by atoms with E-state index in [4.69, 9.17) is 21.9 Å². The van der Waals surface area contributed by atoms with Crippen LogP contribution >= 0.6 is 23.4 Å². The molecule has 0 aliphatic heterocycles. The first-order valence-corrected chi connectivity index (χ1v) is 6.54. The Morgan fingerprint density at radius 2 is 2.29 bits per heavy atom. The standard InChI is InChI=1S/C11H12ClN3OS/c1-2-11-14-10(15-16-11)6-17-9-5-7(12)3-4-8(9)13/h3-5H,2,6,13H2,1H3. The Morgan fingerprint density at radius 3 is 3.00 bits per heavy atom. The molecule has 0 unspecified atom stereocenters. The fraction of sp³-hybridized carbons (Fsp3) is 0.273. The second kappa shape index (κ2) is 5.42. The van der Waals surface area contributed by atoms with Gasteiger partial charge >= 0.3 is 0 Å². The molecule has 0 radical (unpaired) electrons. The number of anilines is 1. The minimum Gasteiger partial charge on any atom is -0.398 e. The van der Waals surface area contributed by atoms with Crippen molar-refractivity contribution in [2.45, 2.75) is 24.0 Å². The summed E-state index contributed by atoms with van der Waals surface area (Å²) >= 11 is 7.45. The van der Waals surface area contributed by atoms with Crippen LogP contribution in [0.4, 0.5) is 5.69 Å². The maximum atomic E-state index is 5.91. The van der Waals surface area contributed by atoms with Crippen molar-refractivity contribution in [1.29, 1.82) is 0 Å². The summed E-state index contributed by atoms with van der Waals surface area (Å²) < 4.78 is 5.02. The molecule has 0 aliphatic rings. The highest BCUT2D eigenvalue weighted by atomic mass is 35.5. The molecule has 0 aliphatic carbocycles. The summed E-state index contributed by atoms with van der Waals surface area (Å²) in [5.41, 5.74) is 6.55. The number of benzene rings is 1. The fourth-order valence-electron chi connectivity index (χ4n) is 1.27. The fourth-order valence-corrected chi connectivity index (χ4v) is 2.35. The third kappa shape index (κ3) is 3.14. The van der Waals surface area contributed by atoms with E-state index in [1.165, 1.54) is 0 Å². The first kappa shape index (κ1) is 12.3. The maximum absolute atomic E-state index is 5.91. The molecular weight excluding hydrogens is 258 g/mol.